The minimum absolute atomic E-state index is 0.0211. The van der Waals surface area contributed by atoms with Crippen LogP contribution >= 0.6 is 0 Å². The zero-order chi connectivity index (χ0) is 39.0. The Balaban J connectivity index is 4.84. The van der Waals surface area contributed by atoms with Crippen molar-refractivity contribution in [2.45, 2.75) is 200 Å². The Morgan fingerprint density at radius 3 is 1.30 bits per heavy atom. The highest BCUT2D eigenvalue weighted by Crippen LogP contribution is 2.15. The van der Waals surface area contributed by atoms with E-state index in [1.165, 1.54) is 143 Å². The van der Waals surface area contributed by atoms with Gasteiger partial charge in [0, 0.05) is 46.6 Å². The van der Waals surface area contributed by atoms with Crippen LogP contribution in [0.3, 0.4) is 0 Å². The molecule has 0 aromatic rings. The number of rotatable bonds is 40. The Hall–Kier alpha value is -2.20. The van der Waals surface area contributed by atoms with Crippen LogP contribution in [0.25, 0.3) is 0 Å². The Morgan fingerprint density at radius 2 is 0.887 bits per heavy atom. The minimum atomic E-state index is -1.03. The van der Waals surface area contributed by atoms with Crippen LogP contribution in [-0.4, -0.2) is 88.4 Å². The summed E-state index contributed by atoms with van der Waals surface area (Å²) in [5.74, 6) is -1.58. The monoisotopic (exact) mass is 755 g/mol. The molecule has 1 unspecified atom stereocenters. The quantitative estimate of drug-likeness (QED) is 0.0485. The van der Waals surface area contributed by atoms with Gasteiger partial charge in [-0.1, -0.05) is 155 Å². The van der Waals surface area contributed by atoms with Gasteiger partial charge in [-0.25, -0.2) is 4.79 Å². The zero-order valence-corrected chi connectivity index (χ0v) is 34.8. The van der Waals surface area contributed by atoms with Gasteiger partial charge in [-0.15, -0.1) is 0 Å². The predicted octanol–water partition coefficient (Wildman–Crippen LogP) is 9.64. The van der Waals surface area contributed by atoms with Crippen LogP contribution in [-0.2, 0) is 38.1 Å². The molecule has 1 N–H and O–H groups in total. The number of esters is 2. The van der Waals surface area contributed by atoms with Crippen molar-refractivity contribution in [2.24, 2.45) is 0 Å². The molecule has 0 bridgehead atoms. The predicted molar refractivity (Wildman–Crippen MR) is 215 cm³/mol. The van der Waals surface area contributed by atoms with Gasteiger partial charge < -0.3 is 29.2 Å². The van der Waals surface area contributed by atoms with Gasteiger partial charge in [0.15, 0.2) is 0 Å². The molecule has 0 saturated carbocycles. The fraction of sp³-hybridized carbons (Fsp3) is 0.907. The van der Waals surface area contributed by atoms with Gasteiger partial charge in [-0.3, -0.25) is 14.4 Å². The molecule has 0 aromatic carbocycles. The number of nitrogens with zero attached hydrogens (tertiary/aromatic N) is 1. The number of amides is 2. The van der Waals surface area contributed by atoms with Crippen molar-refractivity contribution < 1.29 is 38.1 Å². The molecule has 10 nitrogen and oxygen atoms in total. The maximum Gasteiger partial charge on any atom is 0.328 e. The first-order valence-corrected chi connectivity index (χ1v) is 21.8. The standard InChI is InChI=1S/C43H82N2O8/c1-5-7-9-11-13-15-17-19-21-23-25-27-33-45(34-28-26-24-22-20-18-16-14-12-10-8-6-2)41(47)31-30-40(46)44-39(43(49)53-38-36-51-4)29-32-42(48)52-37-35-50-3/h39H,5-38H2,1-4H3,(H,44,46). The van der Waals surface area contributed by atoms with Crippen molar-refractivity contribution >= 4 is 23.8 Å². The van der Waals surface area contributed by atoms with Gasteiger partial charge in [0.2, 0.25) is 11.8 Å². The highest BCUT2D eigenvalue weighted by atomic mass is 16.6. The van der Waals surface area contributed by atoms with E-state index in [0.717, 1.165) is 38.8 Å². The molecule has 0 aliphatic heterocycles. The second kappa shape index (κ2) is 39.5. The molecule has 1 atom stereocenters. The van der Waals surface area contributed by atoms with Crippen molar-refractivity contribution in [2.75, 3.05) is 53.7 Å². The largest absolute Gasteiger partial charge is 0.463 e. The molecule has 0 radical (unpaired) electrons. The molecule has 0 saturated heterocycles. The molecule has 0 spiro atoms. The summed E-state index contributed by atoms with van der Waals surface area (Å²) in [6.07, 6.45) is 30.5. The van der Waals surface area contributed by atoms with E-state index in [9.17, 15) is 19.2 Å². The Bertz CT molecular complexity index is 843. The second-order valence-electron chi connectivity index (χ2n) is 14.7. The third kappa shape index (κ3) is 34.1. The summed E-state index contributed by atoms with van der Waals surface area (Å²) in [5.41, 5.74) is 0. The van der Waals surface area contributed by atoms with Crippen molar-refractivity contribution in [1.29, 1.82) is 0 Å². The molecule has 0 aliphatic rings. The third-order valence-electron chi connectivity index (χ3n) is 9.82. The van der Waals surface area contributed by atoms with E-state index in [1.807, 2.05) is 4.90 Å². The number of carbonyl (C=O) groups excluding carboxylic acids is 4. The number of hydrogen-bond acceptors (Lipinski definition) is 8. The molecule has 312 valence electrons. The molecule has 0 fully saturated rings. The smallest absolute Gasteiger partial charge is 0.328 e. The van der Waals surface area contributed by atoms with Crippen LogP contribution in [0.4, 0.5) is 0 Å². The van der Waals surface area contributed by atoms with Crippen molar-refractivity contribution in [1.82, 2.24) is 10.2 Å². The van der Waals surface area contributed by atoms with E-state index in [1.54, 1.807) is 0 Å². The van der Waals surface area contributed by atoms with Crippen LogP contribution in [0.15, 0.2) is 0 Å². The second-order valence-corrected chi connectivity index (χ2v) is 14.7. The van der Waals surface area contributed by atoms with Crippen molar-refractivity contribution in [3.63, 3.8) is 0 Å². The summed E-state index contributed by atoms with van der Waals surface area (Å²) in [6, 6.07) is -1.03. The van der Waals surface area contributed by atoms with Crippen LogP contribution < -0.4 is 5.32 Å². The van der Waals surface area contributed by atoms with Crippen molar-refractivity contribution in [3.05, 3.63) is 0 Å². The highest BCUT2D eigenvalue weighted by molar-refractivity contribution is 5.87. The molecule has 0 aliphatic carbocycles. The molecule has 0 heterocycles. The number of unbranched alkanes of at least 4 members (excludes halogenated alkanes) is 22. The van der Waals surface area contributed by atoms with Gasteiger partial charge in [0.1, 0.15) is 19.3 Å². The van der Waals surface area contributed by atoms with E-state index in [4.69, 9.17) is 18.9 Å². The summed E-state index contributed by atoms with van der Waals surface area (Å²) in [4.78, 5) is 53.2. The molecule has 0 rings (SSSR count). The van der Waals surface area contributed by atoms with Crippen LogP contribution in [0, 0.1) is 0 Å². The molecule has 0 aromatic heterocycles. The van der Waals surface area contributed by atoms with Gasteiger partial charge in [-0.2, -0.15) is 0 Å². The highest BCUT2D eigenvalue weighted by Gasteiger charge is 2.24. The Morgan fingerprint density at radius 1 is 0.491 bits per heavy atom. The summed E-state index contributed by atoms with van der Waals surface area (Å²) in [6.45, 7) is 6.59. The summed E-state index contributed by atoms with van der Waals surface area (Å²) in [5, 5.41) is 2.69. The zero-order valence-electron chi connectivity index (χ0n) is 34.8. The number of hydrogen-bond donors (Lipinski definition) is 1. The van der Waals surface area contributed by atoms with Gasteiger partial charge in [0.25, 0.3) is 0 Å². The van der Waals surface area contributed by atoms with E-state index in [0.29, 0.717) is 0 Å². The molecule has 53 heavy (non-hydrogen) atoms. The SMILES string of the molecule is CCCCCCCCCCCCCCN(CCCCCCCCCCCCCC)C(=O)CCC(=O)NC(CCC(=O)OCCOC)C(=O)OCCOC. The molecule has 10 heteroatoms. The van der Waals surface area contributed by atoms with Crippen LogP contribution in [0.2, 0.25) is 0 Å². The fourth-order valence-corrected chi connectivity index (χ4v) is 6.44. The Kier molecular flexibility index (Phi) is 37.9. The normalized spacial score (nSPS) is 11.7. The fourth-order valence-electron chi connectivity index (χ4n) is 6.44. The summed E-state index contributed by atoms with van der Waals surface area (Å²) in [7, 11) is 3.01. The topological polar surface area (TPSA) is 120 Å². The van der Waals surface area contributed by atoms with Gasteiger partial charge in [0.05, 0.1) is 13.2 Å². The average molecular weight is 755 g/mol. The molecular formula is C43H82N2O8. The molecule has 2 amide bonds. The van der Waals surface area contributed by atoms with Gasteiger partial charge in [-0.05, 0) is 19.3 Å². The maximum absolute atomic E-state index is 13.4. The lowest BCUT2D eigenvalue weighted by Gasteiger charge is -2.23. The first-order chi connectivity index (χ1) is 25.9. The average Bonchev–Trinajstić information content (AvgIpc) is 3.15. The maximum atomic E-state index is 13.4. The van der Waals surface area contributed by atoms with Crippen LogP contribution in [0.1, 0.15) is 194 Å². The number of nitrogens with one attached hydrogen (secondary N) is 1. The third-order valence-corrected chi connectivity index (χ3v) is 9.82. The van der Waals surface area contributed by atoms with E-state index in [2.05, 4.69) is 19.2 Å². The van der Waals surface area contributed by atoms with E-state index < -0.39 is 23.9 Å². The number of ether oxygens (including phenoxy) is 4. The number of methoxy groups -OCH3 is 2. The molecular weight excluding hydrogens is 672 g/mol. The lowest BCUT2D eigenvalue weighted by molar-refractivity contribution is -0.150. The lowest BCUT2D eigenvalue weighted by Crippen LogP contribution is -2.43. The summed E-state index contributed by atoms with van der Waals surface area (Å²) < 4.78 is 20.2. The van der Waals surface area contributed by atoms with E-state index in [-0.39, 0.29) is 58.0 Å². The Labute approximate surface area is 324 Å². The summed E-state index contributed by atoms with van der Waals surface area (Å²) >= 11 is 0. The van der Waals surface area contributed by atoms with Crippen LogP contribution in [0.5, 0.6) is 0 Å². The van der Waals surface area contributed by atoms with Gasteiger partial charge >= 0.3 is 11.9 Å². The first-order valence-electron chi connectivity index (χ1n) is 21.8. The minimum Gasteiger partial charge on any atom is -0.463 e. The van der Waals surface area contributed by atoms with E-state index >= 15 is 0 Å². The van der Waals surface area contributed by atoms with Crippen molar-refractivity contribution in [3.8, 4) is 0 Å². The first kappa shape index (κ1) is 50.8. The number of carbonyl (C=O) groups is 4. The lowest BCUT2D eigenvalue weighted by atomic mass is 10.0.